The Hall–Kier alpha value is -1.56. The van der Waals surface area contributed by atoms with Crippen LogP contribution in [-0.4, -0.2) is 47.0 Å². The summed E-state index contributed by atoms with van der Waals surface area (Å²) in [6.07, 6.45) is 7.06. The first-order chi connectivity index (χ1) is 10.1. The molecule has 6 nitrogen and oxygen atoms in total. The zero-order chi connectivity index (χ0) is 15.2. The van der Waals surface area contributed by atoms with Crippen molar-refractivity contribution in [3.05, 3.63) is 12.4 Å². The van der Waals surface area contributed by atoms with Crippen molar-refractivity contribution in [1.82, 2.24) is 14.7 Å². The molecular weight excluding hydrogens is 268 g/mol. The van der Waals surface area contributed by atoms with Crippen molar-refractivity contribution in [3.8, 4) is 0 Å². The van der Waals surface area contributed by atoms with Gasteiger partial charge in [0.1, 0.15) is 0 Å². The normalized spacial score (nSPS) is 19.5. The second-order valence-electron chi connectivity index (χ2n) is 5.91. The number of nitrogens with one attached hydrogen (secondary N) is 1. The number of anilines is 1. The molecule has 2 rings (SSSR count). The van der Waals surface area contributed by atoms with Crippen molar-refractivity contribution in [2.75, 3.05) is 25.5 Å². The van der Waals surface area contributed by atoms with E-state index >= 15 is 0 Å². The molecule has 1 aromatic rings. The highest BCUT2D eigenvalue weighted by Crippen LogP contribution is 2.15. The van der Waals surface area contributed by atoms with Crippen molar-refractivity contribution >= 4 is 11.7 Å². The van der Waals surface area contributed by atoms with Gasteiger partial charge in [-0.15, -0.1) is 0 Å². The van der Waals surface area contributed by atoms with Gasteiger partial charge in [-0.25, -0.2) is 4.79 Å². The summed E-state index contributed by atoms with van der Waals surface area (Å²) in [6, 6.07) is -0.0908. The molecule has 118 valence electrons. The van der Waals surface area contributed by atoms with Gasteiger partial charge in [0.15, 0.2) is 0 Å². The topological polar surface area (TPSA) is 59.4 Å². The van der Waals surface area contributed by atoms with E-state index in [0.29, 0.717) is 5.92 Å². The Balaban J connectivity index is 1.82. The minimum absolute atomic E-state index is 0.0908. The van der Waals surface area contributed by atoms with Crippen molar-refractivity contribution in [2.24, 2.45) is 5.92 Å². The molecule has 1 N–H and O–H groups in total. The Labute approximate surface area is 126 Å². The second-order valence-corrected chi connectivity index (χ2v) is 5.91. The molecule has 0 spiro atoms. The van der Waals surface area contributed by atoms with Gasteiger partial charge in [0, 0.05) is 26.4 Å². The van der Waals surface area contributed by atoms with Crippen LogP contribution in [0.1, 0.15) is 33.1 Å². The van der Waals surface area contributed by atoms with E-state index in [0.717, 1.165) is 44.6 Å². The van der Waals surface area contributed by atoms with E-state index in [4.69, 9.17) is 4.74 Å². The summed E-state index contributed by atoms with van der Waals surface area (Å²) in [5, 5.41) is 7.15. The molecule has 2 heterocycles. The van der Waals surface area contributed by atoms with Crippen LogP contribution in [0.15, 0.2) is 12.4 Å². The third-order valence-electron chi connectivity index (χ3n) is 3.93. The van der Waals surface area contributed by atoms with Crippen LogP contribution in [0.25, 0.3) is 0 Å². The number of rotatable bonds is 6. The molecule has 0 bridgehead atoms. The van der Waals surface area contributed by atoms with Gasteiger partial charge in [-0.1, -0.05) is 20.3 Å². The Morgan fingerprint density at radius 1 is 1.67 bits per heavy atom. The molecule has 1 aliphatic heterocycles. The van der Waals surface area contributed by atoms with Crippen molar-refractivity contribution in [1.29, 1.82) is 0 Å². The molecule has 1 aromatic heterocycles. The van der Waals surface area contributed by atoms with Gasteiger partial charge in [-0.2, -0.15) is 5.10 Å². The highest BCUT2D eigenvalue weighted by atomic mass is 16.5. The van der Waals surface area contributed by atoms with Crippen LogP contribution in [0.4, 0.5) is 10.5 Å². The van der Waals surface area contributed by atoms with Crippen LogP contribution < -0.4 is 5.32 Å². The zero-order valence-corrected chi connectivity index (χ0v) is 13.2. The maximum absolute atomic E-state index is 12.1. The molecule has 6 heteroatoms. The average Bonchev–Trinajstić information content (AvgIpc) is 3.11. The quantitative estimate of drug-likeness (QED) is 0.877. The van der Waals surface area contributed by atoms with Crippen molar-refractivity contribution < 1.29 is 9.53 Å². The van der Waals surface area contributed by atoms with Gasteiger partial charge >= 0.3 is 6.03 Å². The molecule has 1 saturated heterocycles. The van der Waals surface area contributed by atoms with Gasteiger partial charge in [0.05, 0.1) is 24.5 Å². The highest BCUT2D eigenvalue weighted by Gasteiger charge is 2.17. The number of aromatic nitrogens is 2. The minimum atomic E-state index is -0.0908. The molecule has 0 unspecified atom stereocenters. The Morgan fingerprint density at radius 3 is 3.14 bits per heavy atom. The van der Waals surface area contributed by atoms with Crippen LogP contribution >= 0.6 is 0 Å². The molecule has 1 aliphatic rings. The van der Waals surface area contributed by atoms with Gasteiger partial charge in [0.25, 0.3) is 0 Å². The van der Waals surface area contributed by atoms with Crippen LogP contribution in [0.5, 0.6) is 0 Å². The Morgan fingerprint density at radius 2 is 2.48 bits per heavy atom. The van der Waals surface area contributed by atoms with E-state index in [1.165, 1.54) is 0 Å². The third-order valence-corrected chi connectivity index (χ3v) is 3.93. The number of hydrogen-bond acceptors (Lipinski definition) is 3. The van der Waals surface area contributed by atoms with Crippen LogP contribution in [0, 0.1) is 5.92 Å². The Kier molecular flexibility index (Phi) is 5.61. The zero-order valence-electron chi connectivity index (χ0n) is 13.2. The molecule has 0 radical (unpaired) electrons. The predicted molar refractivity (Wildman–Crippen MR) is 82.3 cm³/mol. The number of urea groups is 1. The molecule has 0 aromatic carbocycles. The number of amides is 2. The van der Waals surface area contributed by atoms with Gasteiger partial charge in [0.2, 0.25) is 0 Å². The third kappa shape index (κ3) is 4.74. The molecular formula is C15H26N4O2. The minimum Gasteiger partial charge on any atom is -0.376 e. The fourth-order valence-electron chi connectivity index (χ4n) is 2.42. The first kappa shape index (κ1) is 15.8. The number of ether oxygens (including phenoxy) is 1. The van der Waals surface area contributed by atoms with Crippen molar-refractivity contribution in [3.63, 3.8) is 0 Å². The summed E-state index contributed by atoms with van der Waals surface area (Å²) >= 11 is 0. The predicted octanol–water partition coefficient (Wildman–Crippen LogP) is 2.57. The monoisotopic (exact) mass is 294 g/mol. The van der Waals surface area contributed by atoms with Gasteiger partial charge < -0.3 is 15.0 Å². The maximum Gasteiger partial charge on any atom is 0.321 e. The fourth-order valence-corrected chi connectivity index (χ4v) is 2.42. The summed E-state index contributed by atoms with van der Waals surface area (Å²) < 4.78 is 7.42. The lowest BCUT2D eigenvalue weighted by Crippen LogP contribution is -2.34. The van der Waals surface area contributed by atoms with Gasteiger partial charge in [-0.05, 0) is 18.8 Å². The van der Waals surface area contributed by atoms with E-state index in [1.807, 2.05) is 17.9 Å². The molecule has 0 aliphatic carbocycles. The molecule has 2 amide bonds. The van der Waals surface area contributed by atoms with E-state index in [2.05, 4.69) is 24.3 Å². The summed E-state index contributed by atoms with van der Waals surface area (Å²) in [5.74, 6) is 0.503. The lowest BCUT2D eigenvalue weighted by atomic mass is 10.1. The fraction of sp³-hybridized carbons (Fsp3) is 0.733. The largest absolute Gasteiger partial charge is 0.376 e. The standard InChI is InChI=1S/C15H26N4O2/c1-4-12(2)9-18(3)15(20)17-13-8-16-19(10-13)11-14-6-5-7-21-14/h8,10,12,14H,4-7,9,11H2,1-3H3,(H,17,20)/t12-,14+/m1/s1. The van der Waals surface area contributed by atoms with Crippen LogP contribution in [-0.2, 0) is 11.3 Å². The molecule has 2 atom stereocenters. The van der Waals surface area contributed by atoms with E-state index in [9.17, 15) is 4.79 Å². The van der Waals surface area contributed by atoms with E-state index < -0.39 is 0 Å². The number of carbonyl (C=O) groups excluding carboxylic acids is 1. The highest BCUT2D eigenvalue weighted by molar-refractivity contribution is 5.88. The summed E-state index contributed by atoms with van der Waals surface area (Å²) in [6.45, 7) is 6.62. The SMILES string of the molecule is CC[C@@H](C)CN(C)C(=O)Nc1cnn(C[C@@H]2CCCO2)c1. The summed E-state index contributed by atoms with van der Waals surface area (Å²) in [7, 11) is 1.82. The lowest BCUT2D eigenvalue weighted by Gasteiger charge is -2.20. The maximum atomic E-state index is 12.1. The summed E-state index contributed by atoms with van der Waals surface area (Å²) in [4.78, 5) is 13.8. The smallest absolute Gasteiger partial charge is 0.321 e. The second kappa shape index (κ2) is 7.45. The lowest BCUT2D eigenvalue weighted by molar-refractivity contribution is 0.0940. The molecule has 0 saturated carbocycles. The van der Waals surface area contributed by atoms with E-state index in [1.54, 1.807) is 11.1 Å². The number of carbonyl (C=O) groups is 1. The molecule has 1 fully saturated rings. The Bertz CT molecular complexity index is 454. The van der Waals surface area contributed by atoms with Crippen LogP contribution in [0.2, 0.25) is 0 Å². The van der Waals surface area contributed by atoms with E-state index in [-0.39, 0.29) is 12.1 Å². The first-order valence-electron chi connectivity index (χ1n) is 7.74. The van der Waals surface area contributed by atoms with Crippen molar-refractivity contribution in [2.45, 2.75) is 45.8 Å². The summed E-state index contributed by atoms with van der Waals surface area (Å²) in [5.41, 5.74) is 0.731. The number of nitrogens with zero attached hydrogens (tertiary/aromatic N) is 3. The number of hydrogen-bond donors (Lipinski definition) is 1. The molecule has 21 heavy (non-hydrogen) atoms. The van der Waals surface area contributed by atoms with Crippen LogP contribution in [0.3, 0.4) is 0 Å². The average molecular weight is 294 g/mol. The first-order valence-corrected chi connectivity index (χ1v) is 7.74. The van der Waals surface area contributed by atoms with Gasteiger partial charge in [-0.3, -0.25) is 4.68 Å².